The molecule has 0 fully saturated rings. The standard InChI is InChI=1S/C18H14FNO3/c19-14-3-1-2-13(10-14)18(22)20-15-6-4-12(5-7-15)17-9-8-16(11-21)23-17/h1-10,21H,11H2,(H,20,22). The van der Waals surface area contributed by atoms with Gasteiger partial charge in [-0.05, 0) is 54.6 Å². The van der Waals surface area contributed by atoms with E-state index in [1.165, 1.54) is 18.2 Å². The SMILES string of the molecule is O=C(Nc1ccc(-c2ccc(CO)o2)cc1)c1cccc(F)c1. The molecule has 2 aromatic carbocycles. The Hall–Kier alpha value is -2.92. The van der Waals surface area contributed by atoms with Crippen molar-refractivity contribution in [2.24, 2.45) is 0 Å². The Morgan fingerprint density at radius 3 is 2.52 bits per heavy atom. The first kappa shape index (κ1) is 15.0. The summed E-state index contributed by atoms with van der Waals surface area (Å²) >= 11 is 0. The molecular weight excluding hydrogens is 297 g/mol. The largest absolute Gasteiger partial charge is 0.459 e. The van der Waals surface area contributed by atoms with Crippen molar-refractivity contribution in [3.63, 3.8) is 0 Å². The number of furan rings is 1. The van der Waals surface area contributed by atoms with E-state index >= 15 is 0 Å². The van der Waals surface area contributed by atoms with Crippen molar-refractivity contribution in [2.45, 2.75) is 6.61 Å². The van der Waals surface area contributed by atoms with Gasteiger partial charge in [0.2, 0.25) is 0 Å². The van der Waals surface area contributed by atoms with Gasteiger partial charge in [-0.15, -0.1) is 0 Å². The minimum absolute atomic E-state index is 0.151. The van der Waals surface area contributed by atoms with Crippen LogP contribution in [0.3, 0.4) is 0 Å². The predicted molar refractivity (Wildman–Crippen MR) is 84.4 cm³/mol. The Morgan fingerprint density at radius 1 is 1.09 bits per heavy atom. The molecule has 1 heterocycles. The lowest BCUT2D eigenvalue weighted by atomic mass is 10.1. The maximum Gasteiger partial charge on any atom is 0.255 e. The van der Waals surface area contributed by atoms with E-state index in [9.17, 15) is 9.18 Å². The van der Waals surface area contributed by atoms with Crippen LogP contribution in [0.25, 0.3) is 11.3 Å². The molecule has 0 aliphatic rings. The fourth-order valence-corrected chi connectivity index (χ4v) is 2.17. The van der Waals surface area contributed by atoms with E-state index in [2.05, 4.69) is 5.32 Å². The molecule has 0 saturated heterocycles. The van der Waals surface area contributed by atoms with Crippen LogP contribution in [0.5, 0.6) is 0 Å². The van der Waals surface area contributed by atoms with Crippen molar-refractivity contribution in [3.8, 4) is 11.3 Å². The predicted octanol–water partition coefficient (Wildman–Crippen LogP) is 3.83. The number of hydrogen-bond acceptors (Lipinski definition) is 3. The van der Waals surface area contributed by atoms with Crippen LogP contribution in [0, 0.1) is 5.82 Å². The molecule has 2 N–H and O–H groups in total. The molecule has 1 aromatic heterocycles. The number of amides is 1. The second kappa shape index (κ2) is 6.46. The number of benzene rings is 2. The minimum atomic E-state index is -0.453. The molecule has 5 heteroatoms. The van der Waals surface area contributed by atoms with Gasteiger partial charge < -0.3 is 14.8 Å². The third-order valence-electron chi connectivity index (χ3n) is 3.33. The number of aliphatic hydroxyl groups excluding tert-OH is 1. The van der Waals surface area contributed by atoms with E-state index < -0.39 is 5.82 Å². The summed E-state index contributed by atoms with van der Waals surface area (Å²) < 4.78 is 18.6. The molecule has 3 rings (SSSR count). The number of nitrogens with one attached hydrogen (secondary N) is 1. The summed E-state index contributed by atoms with van der Waals surface area (Å²) in [6.07, 6.45) is 0. The highest BCUT2D eigenvalue weighted by Gasteiger charge is 2.08. The van der Waals surface area contributed by atoms with Crippen LogP contribution in [0.1, 0.15) is 16.1 Å². The van der Waals surface area contributed by atoms with Crippen LogP contribution in [0.2, 0.25) is 0 Å². The molecule has 0 spiro atoms. The van der Waals surface area contributed by atoms with Crippen molar-refractivity contribution in [1.29, 1.82) is 0 Å². The number of hydrogen-bond donors (Lipinski definition) is 2. The number of carbonyl (C=O) groups excluding carboxylic acids is 1. The smallest absolute Gasteiger partial charge is 0.255 e. The second-order valence-corrected chi connectivity index (χ2v) is 4.97. The van der Waals surface area contributed by atoms with Gasteiger partial charge in [0.05, 0.1) is 0 Å². The zero-order valence-electron chi connectivity index (χ0n) is 12.1. The van der Waals surface area contributed by atoms with Gasteiger partial charge >= 0.3 is 0 Å². The highest BCUT2D eigenvalue weighted by Crippen LogP contribution is 2.24. The average Bonchev–Trinajstić information content (AvgIpc) is 3.04. The van der Waals surface area contributed by atoms with Gasteiger partial charge in [-0.25, -0.2) is 4.39 Å². The maximum atomic E-state index is 13.1. The van der Waals surface area contributed by atoms with Gasteiger partial charge in [-0.1, -0.05) is 6.07 Å². The highest BCUT2D eigenvalue weighted by atomic mass is 19.1. The molecule has 4 nitrogen and oxygen atoms in total. The molecule has 1 amide bonds. The van der Waals surface area contributed by atoms with Crippen molar-refractivity contribution in [2.75, 3.05) is 5.32 Å². The van der Waals surface area contributed by atoms with Gasteiger partial charge in [-0.3, -0.25) is 4.79 Å². The van der Waals surface area contributed by atoms with Crippen LogP contribution >= 0.6 is 0 Å². The van der Waals surface area contributed by atoms with Crippen LogP contribution in [-0.4, -0.2) is 11.0 Å². The molecule has 0 aliphatic heterocycles. The Kier molecular flexibility index (Phi) is 4.21. The molecule has 0 atom stereocenters. The van der Waals surface area contributed by atoms with Gasteiger partial charge in [0.25, 0.3) is 5.91 Å². The summed E-state index contributed by atoms with van der Waals surface area (Å²) in [4.78, 5) is 12.0. The molecule has 0 saturated carbocycles. The van der Waals surface area contributed by atoms with Gasteiger partial charge in [0.1, 0.15) is 23.9 Å². The molecule has 116 valence electrons. The van der Waals surface area contributed by atoms with E-state index in [0.29, 0.717) is 17.2 Å². The van der Waals surface area contributed by atoms with Crippen LogP contribution in [-0.2, 0) is 6.61 Å². The molecule has 0 radical (unpaired) electrons. The fourth-order valence-electron chi connectivity index (χ4n) is 2.17. The molecule has 0 aliphatic carbocycles. The zero-order chi connectivity index (χ0) is 16.2. The lowest BCUT2D eigenvalue weighted by Gasteiger charge is -2.06. The Balaban J connectivity index is 1.73. The average molecular weight is 311 g/mol. The molecule has 0 bridgehead atoms. The Morgan fingerprint density at radius 2 is 1.87 bits per heavy atom. The second-order valence-electron chi connectivity index (χ2n) is 4.97. The van der Waals surface area contributed by atoms with Gasteiger partial charge in [0.15, 0.2) is 0 Å². The quantitative estimate of drug-likeness (QED) is 0.769. The number of anilines is 1. The highest BCUT2D eigenvalue weighted by molar-refractivity contribution is 6.04. The molecule has 23 heavy (non-hydrogen) atoms. The minimum Gasteiger partial charge on any atom is -0.459 e. The van der Waals surface area contributed by atoms with E-state index in [1.807, 2.05) is 0 Å². The van der Waals surface area contributed by atoms with E-state index in [4.69, 9.17) is 9.52 Å². The molecule has 3 aromatic rings. The first-order valence-corrected chi connectivity index (χ1v) is 7.02. The lowest BCUT2D eigenvalue weighted by molar-refractivity contribution is 0.102. The lowest BCUT2D eigenvalue weighted by Crippen LogP contribution is -2.11. The summed E-state index contributed by atoms with van der Waals surface area (Å²) in [7, 11) is 0. The first-order valence-electron chi connectivity index (χ1n) is 7.02. The van der Waals surface area contributed by atoms with Crippen molar-refractivity contribution >= 4 is 11.6 Å². The third kappa shape index (κ3) is 3.46. The summed E-state index contributed by atoms with van der Waals surface area (Å²) in [5.74, 6) is 0.295. The van der Waals surface area contributed by atoms with Gasteiger partial charge in [0, 0.05) is 16.8 Å². The topological polar surface area (TPSA) is 62.5 Å². The molecular formula is C18H14FNO3. The fraction of sp³-hybridized carbons (Fsp3) is 0.0556. The van der Waals surface area contributed by atoms with E-state index in [-0.39, 0.29) is 18.1 Å². The van der Waals surface area contributed by atoms with Crippen molar-refractivity contribution < 1.29 is 18.7 Å². The Bertz CT molecular complexity index is 824. The van der Waals surface area contributed by atoms with Crippen molar-refractivity contribution in [3.05, 3.63) is 77.8 Å². The van der Waals surface area contributed by atoms with Crippen LogP contribution in [0.4, 0.5) is 10.1 Å². The van der Waals surface area contributed by atoms with Crippen LogP contribution in [0.15, 0.2) is 65.1 Å². The van der Waals surface area contributed by atoms with Gasteiger partial charge in [-0.2, -0.15) is 0 Å². The third-order valence-corrected chi connectivity index (χ3v) is 3.33. The zero-order valence-corrected chi connectivity index (χ0v) is 12.1. The number of halogens is 1. The van der Waals surface area contributed by atoms with Crippen LogP contribution < -0.4 is 5.32 Å². The number of carbonyl (C=O) groups is 1. The van der Waals surface area contributed by atoms with E-state index in [0.717, 1.165) is 5.56 Å². The first-order chi connectivity index (χ1) is 11.2. The van der Waals surface area contributed by atoms with Crippen molar-refractivity contribution in [1.82, 2.24) is 0 Å². The van der Waals surface area contributed by atoms with E-state index in [1.54, 1.807) is 42.5 Å². The number of aliphatic hydroxyl groups is 1. The maximum absolute atomic E-state index is 13.1. The monoisotopic (exact) mass is 311 g/mol. The summed E-state index contributed by atoms with van der Waals surface area (Å²) in [6, 6.07) is 16.0. The summed E-state index contributed by atoms with van der Waals surface area (Å²) in [5.41, 5.74) is 1.68. The summed E-state index contributed by atoms with van der Waals surface area (Å²) in [5, 5.41) is 11.7. The molecule has 0 unspecified atom stereocenters. The normalized spacial score (nSPS) is 10.5. The summed E-state index contributed by atoms with van der Waals surface area (Å²) in [6.45, 7) is -0.151. The number of rotatable bonds is 4. The Labute approximate surface area is 132 Å².